The lowest BCUT2D eigenvalue weighted by molar-refractivity contribution is 0.154. The zero-order chi connectivity index (χ0) is 10.7. The van der Waals surface area contributed by atoms with Crippen LogP contribution < -0.4 is 4.90 Å². The fourth-order valence-electron chi connectivity index (χ4n) is 1.82. The van der Waals surface area contributed by atoms with E-state index in [4.69, 9.17) is 5.26 Å². The molecule has 1 atom stereocenters. The largest absolute Gasteiger partial charge is 0.391 e. The van der Waals surface area contributed by atoms with Crippen LogP contribution in [0.2, 0.25) is 0 Å². The minimum atomic E-state index is -0.272. The maximum atomic E-state index is 9.53. The van der Waals surface area contributed by atoms with E-state index in [1.165, 1.54) is 0 Å². The monoisotopic (exact) mass is 203 g/mol. The molecular formula is C11H13N3O. The van der Waals surface area contributed by atoms with Gasteiger partial charge in [0.05, 0.1) is 17.7 Å². The molecule has 2 heterocycles. The predicted octanol–water partition coefficient (Wildman–Crippen LogP) is 0.914. The van der Waals surface area contributed by atoms with Gasteiger partial charge in [-0.3, -0.25) is 0 Å². The van der Waals surface area contributed by atoms with Crippen molar-refractivity contribution in [2.45, 2.75) is 18.9 Å². The first-order valence-corrected chi connectivity index (χ1v) is 5.09. The lowest BCUT2D eigenvalue weighted by atomic mass is 10.1. The summed E-state index contributed by atoms with van der Waals surface area (Å²) in [7, 11) is 0. The smallest absolute Gasteiger partial charge is 0.129 e. The van der Waals surface area contributed by atoms with Crippen LogP contribution in [0.25, 0.3) is 0 Å². The summed E-state index contributed by atoms with van der Waals surface area (Å²) < 4.78 is 0. The highest BCUT2D eigenvalue weighted by Gasteiger charge is 2.18. The fraction of sp³-hybridized carbons (Fsp3) is 0.455. The van der Waals surface area contributed by atoms with Crippen molar-refractivity contribution >= 4 is 5.82 Å². The maximum Gasteiger partial charge on any atom is 0.129 e. The summed E-state index contributed by atoms with van der Waals surface area (Å²) >= 11 is 0. The SMILES string of the molecule is N#Cc1ccnc(N2CCC[C@@H](O)C2)c1. The second-order valence-electron chi connectivity index (χ2n) is 3.76. The average molecular weight is 203 g/mol. The van der Waals surface area contributed by atoms with Crippen LogP contribution in [0, 0.1) is 11.3 Å². The Bertz CT molecular complexity index is 386. The van der Waals surface area contributed by atoms with E-state index in [9.17, 15) is 5.11 Å². The molecule has 1 N–H and O–H groups in total. The zero-order valence-electron chi connectivity index (χ0n) is 8.43. The topological polar surface area (TPSA) is 60.2 Å². The molecule has 4 heteroatoms. The Morgan fingerprint density at radius 2 is 2.47 bits per heavy atom. The number of nitriles is 1. The van der Waals surface area contributed by atoms with Crippen LogP contribution in [-0.2, 0) is 0 Å². The highest BCUT2D eigenvalue weighted by Crippen LogP contribution is 2.18. The highest BCUT2D eigenvalue weighted by atomic mass is 16.3. The summed E-state index contributed by atoms with van der Waals surface area (Å²) in [6.07, 6.45) is 3.19. The first-order chi connectivity index (χ1) is 7.29. The van der Waals surface area contributed by atoms with Gasteiger partial charge in [0.15, 0.2) is 0 Å². The van der Waals surface area contributed by atoms with E-state index in [2.05, 4.69) is 11.1 Å². The lowest BCUT2D eigenvalue weighted by Crippen LogP contribution is -2.38. The summed E-state index contributed by atoms with van der Waals surface area (Å²) in [5, 5.41) is 18.3. The van der Waals surface area contributed by atoms with Gasteiger partial charge in [0.25, 0.3) is 0 Å². The molecule has 0 saturated carbocycles. The summed E-state index contributed by atoms with van der Waals surface area (Å²) in [5.74, 6) is 0.785. The van der Waals surface area contributed by atoms with Crippen LogP contribution in [0.5, 0.6) is 0 Å². The molecule has 15 heavy (non-hydrogen) atoms. The first-order valence-electron chi connectivity index (χ1n) is 5.09. The van der Waals surface area contributed by atoms with E-state index >= 15 is 0 Å². The summed E-state index contributed by atoms with van der Waals surface area (Å²) in [5.41, 5.74) is 0.611. The molecule has 0 aromatic carbocycles. The number of nitrogens with zero attached hydrogens (tertiary/aromatic N) is 3. The molecular weight excluding hydrogens is 190 g/mol. The average Bonchev–Trinajstić information content (AvgIpc) is 2.29. The Balaban J connectivity index is 2.18. The van der Waals surface area contributed by atoms with E-state index in [1.54, 1.807) is 18.3 Å². The molecule has 0 spiro atoms. The van der Waals surface area contributed by atoms with Gasteiger partial charge in [-0.05, 0) is 25.0 Å². The molecule has 2 rings (SSSR count). The van der Waals surface area contributed by atoms with E-state index in [0.717, 1.165) is 25.2 Å². The number of rotatable bonds is 1. The van der Waals surface area contributed by atoms with Crippen molar-refractivity contribution in [1.82, 2.24) is 4.98 Å². The molecule has 1 aromatic rings. The van der Waals surface area contributed by atoms with Gasteiger partial charge in [-0.1, -0.05) is 0 Å². The number of β-amino-alcohol motifs (C(OH)–C–C–N with tert-alkyl or cyclic N) is 1. The Morgan fingerprint density at radius 1 is 1.60 bits per heavy atom. The number of aliphatic hydroxyl groups is 1. The molecule has 0 bridgehead atoms. The third kappa shape index (κ3) is 2.25. The highest BCUT2D eigenvalue weighted by molar-refractivity contribution is 5.45. The maximum absolute atomic E-state index is 9.53. The van der Waals surface area contributed by atoms with E-state index < -0.39 is 0 Å². The van der Waals surface area contributed by atoms with Gasteiger partial charge >= 0.3 is 0 Å². The zero-order valence-corrected chi connectivity index (χ0v) is 8.43. The normalized spacial score (nSPS) is 21.1. The first kappa shape index (κ1) is 9.94. The summed E-state index contributed by atoms with van der Waals surface area (Å²) in [6, 6.07) is 5.53. The Hall–Kier alpha value is -1.60. The molecule has 0 radical (unpaired) electrons. The summed E-state index contributed by atoms with van der Waals surface area (Å²) in [4.78, 5) is 6.23. The van der Waals surface area contributed by atoms with Crippen molar-refractivity contribution in [2.75, 3.05) is 18.0 Å². The third-order valence-electron chi connectivity index (χ3n) is 2.60. The molecule has 4 nitrogen and oxygen atoms in total. The number of aliphatic hydroxyl groups excluding tert-OH is 1. The number of piperidine rings is 1. The van der Waals surface area contributed by atoms with Gasteiger partial charge < -0.3 is 10.0 Å². The third-order valence-corrected chi connectivity index (χ3v) is 2.60. The van der Waals surface area contributed by atoms with Crippen LogP contribution in [-0.4, -0.2) is 29.3 Å². The second-order valence-corrected chi connectivity index (χ2v) is 3.76. The van der Waals surface area contributed by atoms with Crippen LogP contribution >= 0.6 is 0 Å². The number of aromatic nitrogens is 1. The van der Waals surface area contributed by atoms with Gasteiger partial charge in [0.2, 0.25) is 0 Å². The number of pyridine rings is 1. The minimum absolute atomic E-state index is 0.272. The van der Waals surface area contributed by atoms with E-state index in [-0.39, 0.29) is 6.10 Å². The molecule has 0 aliphatic carbocycles. The van der Waals surface area contributed by atoms with Gasteiger partial charge in [0.1, 0.15) is 5.82 Å². The van der Waals surface area contributed by atoms with Crippen molar-refractivity contribution in [3.8, 4) is 6.07 Å². The minimum Gasteiger partial charge on any atom is -0.391 e. The van der Waals surface area contributed by atoms with Crippen molar-refractivity contribution in [3.05, 3.63) is 23.9 Å². The molecule has 0 amide bonds. The number of hydrogen-bond acceptors (Lipinski definition) is 4. The lowest BCUT2D eigenvalue weighted by Gasteiger charge is -2.30. The van der Waals surface area contributed by atoms with Gasteiger partial charge in [-0.25, -0.2) is 4.98 Å². The quantitative estimate of drug-likeness (QED) is 0.737. The van der Waals surface area contributed by atoms with Gasteiger partial charge in [-0.15, -0.1) is 0 Å². The van der Waals surface area contributed by atoms with Crippen LogP contribution in [0.4, 0.5) is 5.82 Å². The van der Waals surface area contributed by atoms with Crippen LogP contribution in [0.15, 0.2) is 18.3 Å². The summed E-state index contributed by atoms with van der Waals surface area (Å²) in [6.45, 7) is 1.51. The predicted molar refractivity (Wildman–Crippen MR) is 56.4 cm³/mol. The Labute approximate surface area is 88.8 Å². The molecule has 1 aliphatic rings. The molecule has 0 unspecified atom stereocenters. The fourth-order valence-corrected chi connectivity index (χ4v) is 1.82. The van der Waals surface area contributed by atoms with Crippen molar-refractivity contribution < 1.29 is 5.11 Å². The van der Waals surface area contributed by atoms with Gasteiger partial charge in [-0.2, -0.15) is 5.26 Å². The van der Waals surface area contributed by atoms with E-state index in [0.29, 0.717) is 12.1 Å². The number of anilines is 1. The van der Waals surface area contributed by atoms with Gasteiger partial charge in [0, 0.05) is 19.3 Å². The van der Waals surface area contributed by atoms with E-state index in [1.807, 2.05) is 4.90 Å². The number of hydrogen-bond donors (Lipinski definition) is 1. The molecule has 1 saturated heterocycles. The van der Waals surface area contributed by atoms with Crippen LogP contribution in [0.3, 0.4) is 0 Å². The Morgan fingerprint density at radius 3 is 3.20 bits per heavy atom. The Kier molecular flexibility index (Phi) is 2.84. The molecule has 78 valence electrons. The molecule has 1 aromatic heterocycles. The molecule has 1 aliphatic heterocycles. The second kappa shape index (κ2) is 4.28. The van der Waals surface area contributed by atoms with Crippen molar-refractivity contribution in [3.63, 3.8) is 0 Å². The standard InChI is InChI=1S/C11H13N3O/c12-7-9-3-4-13-11(6-9)14-5-1-2-10(15)8-14/h3-4,6,10,15H,1-2,5,8H2/t10-/m1/s1. The van der Waals surface area contributed by atoms with Crippen molar-refractivity contribution in [2.24, 2.45) is 0 Å². The van der Waals surface area contributed by atoms with Crippen LogP contribution in [0.1, 0.15) is 18.4 Å². The molecule has 1 fully saturated rings. The van der Waals surface area contributed by atoms with Crippen molar-refractivity contribution in [1.29, 1.82) is 5.26 Å².